The van der Waals surface area contributed by atoms with Crippen LogP contribution in [0.2, 0.25) is 5.02 Å². The molecule has 30 heavy (non-hydrogen) atoms. The fourth-order valence-corrected chi connectivity index (χ4v) is 2.55. The third-order valence-electron chi connectivity index (χ3n) is 3.78. The normalized spacial score (nSPS) is 11.1. The van der Waals surface area contributed by atoms with Gasteiger partial charge in [0, 0.05) is 12.1 Å². The lowest BCUT2D eigenvalue weighted by Gasteiger charge is -2.15. The fourth-order valence-electron chi connectivity index (χ4n) is 2.35. The molecule has 0 fully saturated rings. The second-order valence-electron chi connectivity index (χ2n) is 6.03. The van der Waals surface area contributed by atoms with E-state index < -0.39 is 30.2 Å². The number of esters is 1. The SMILES string of the molecule is COCCOc1ccc(C(F)(F)F)cc1NC(=O)COC(=O)Cc1ccccc1Cl. The van der Waals surface area contributed by atoms with E-state index in [2.05, 4.69) is 5.32 Å². The number of alkyl halides is 3. The number of nitrogens with one attached hydrogen (secondary N) is 1. The zero-order valence-electron chi connectivity index (χ0n) is 15.9. The molecule has 0 radical (unpaired) electrons. The Labute approximate surface area is 175 Å². The van der Waals surface area contributed by atoms with Crippen LogP contribution in [0.15, 0.2) is 42.5 Å². The van der Waals surface area contributed by atoms with Gasteiger partial charge >= 0.3 is 12.1 Å². The van der Waals surface area contributed by atoms with Crippen molar-refractivity contribution >= 4 is 29.2 Å². The Morgan fingerprint density at radius 1 is 1.10 bits per heavy atom. The summed E-state index contributed by atoms with van der Waals surface area (Å²) in [4.78, 5) is 24.0. The van der Waals surface area contributed by atoms with Gasteiger partial charge in [0.2, 0.25) is 0 Å². The number of carbonyl (C=O) groups excluding carboxylic acids is 2. The van der Waals surface area contributed by atoms with Gasteiger partial charge in [0.1, 0.15) is 12.4 Å². The molecule has 0 aliphatic carbocycles. The zero-order valence-corrected chi connectivity index (χ0v) is 16.7. The van der Waals surface area contributed by atoms with Crippen LogP contribution in [-0.2, 0) is 31.7 Å². The molecule has 10 heteroatoms. The smallest absolute Gasteiger partial charge is 0.416 e. The number of anilines is 1. The largest absolute Gasteiger partial charge is 0.489 e. The van der Waals surface area contributed by atoms with Gasteiger partial charge in [-0.05, 0) is 29.8 Å². The van der Waals surface area contributed by atoms with Crippen LogP contribution in [0.1, 0.15) is 11.1 Å². The molecule has 1 amide bonds. The van der Waals surface area contributed by atoms with E-state index in [4.69, 9.17) is 25.8 Å². The summed E-state index contributed by atoms with van der Waals surface area (Å²) < 4.78 is 54.0. The van der Waals surface area contributed by atoms with Crippen molar-refractivity contribution in [2.24, 2.45) is 0 Å². The van der Waals surface area contributed by atoms with Gasteiger partial charge in [-0.1, -0.05) is 29.8 Å². The molecule has 162 valence electrons. The molecule has 6 nitrogen and oxygen atoms in total. The van der Waals surface area contributed by atoms with Crippen LogP contribution in [0, 0.1) is 0 Å². The van der Waals surface area contributed by atoms with Crippen molar-refractivity contribution in [3.05, 3.63) is 58.6 Å². The lowest BCUT2D eigenvalue weighted by atomic mass is 10.1. The molecule has 0 heterocycles. The first-order valence-corrected chi connectivity index (χ1v) is 9.10. The van der Waals surface area contributed by atoms with Crippen molar-refractivity contribution in [1.82, 2.24) is 0 Å². The third-order valence-corrected chi connectivity index (χ3v) is 4.15. The summed E-state index contributed by atoms with van der Waals surface area (Å²) in [5.41, 5.74) is -0.642. The summed E-state index contributed by atoms with van der Waals surface area (Å²) in [6.45, 7) is -0.414. The van der Waals surface area contributed by atoms with Crippen LogP contribution in [0.3, 0.4) is 0 Å². The van der Waals surface area contributed by atoms with Crippen molar-refractivity contribution < 1.29 is 37.0 Å². The minimum absolute atomic E-state index is 0.0239. The Morgan fingerprint density at radius 3 is 2.50 bits per heavy atom. The predicted octanol–water partition coefficient (Wildman–Crippen LogP) is 4.11. The maximum absolute atomic E-state index is 13.0. The Balaban J connectivity index is 2.01. The summed E-state index contributed by atoms with van der Waals surface area (Å²) in [5.74, 6) is -1.51. The number of carbonyl (C=O) groups is 2. The zero-order chi connectivity index (χ0) is 22.1. The molecular formula is C20H19ClF3NO5. The summed E-state index contributed by atoms with van der Waals surface area (Å²) in [6, 6.07) is 9.31. The number of amides is 1. The van der Waals surface area contributed by atoms with Crippen LogP contribution in [0.4, 0.5) is 18.9 Å². The fraction of sp³-hybridized carbons (Fsp3) is 0.300. The standard InChI is InChI=1S/C20H19ClF3NO5/c1-28-8-9-29-17-7-6-14(20(22,23)24)11-16(17)25-18(26)12-30-19(27)10-13-4-2-3-5-15(13)21/h2-7,11H,8-10,12H2,1H3,(H,25,26). The van der Waals surface area contributed by atoms with Gasteiger partial charge in [-0.25, -0.2) is 0 Å². The highest BCUT2D eigenvalue weighted by Crippen LogP contribution is 2.35. The van der Waals surface area contributed by atoms with Gasteiger partial charge in [-0.3, -0.25) is 9.59 Å². The maximum Gasteiger partial charge on any atom is 0.416 e. The molecule has 2 rings (SSSR count). The number of ether oxygens (including phenoxy) is 3. The summed E-state index contributed by atoms with van der Waals surface area (Å²) in [7, 11) is 1.44. The van der Waals surface area contributed by atoms with Crippen LogP contribution >= 0.6 is 11.6 Å². The number of hydrogen-bond acceptors (Lipinski definition) is 5. The van der Waals surface area contributed by atoms with E-state index in [-0.39, 0.29) is 31.1 Å². The van der Waals surface area contributed by atoms with E-state index in [9.17, 15) is 22.8 Å². The lowest BCUT2D eigenvalue weighted by molar-refractivity contribution is -0.146. The van der Waals surface area contributed by atoms with Crippen molar-refractivity contribution in [3.8, 4) is 5.75 Å². The molecule has 2 aromatic carbocycles. The number of methoxy groups -OCH3 is 1. The second-order valence-corrected chi connectivity index (χ2v) is 6.43. The summed E-state index contributed by atoms with van der Waals surface area (Å²) >= 11 is 5.96. The molecule has 0 saturated heterocycles. The first kappa shape index (κ1) is 23.5. The summed E-state index contributed by atoms with van der Waals surface area (Å²) in [5, 5.41) is 2.65. The quantitative estimate of drug-likeness (QED) is 0.464. The number of rotatable bonds is 9. The van der Waals surface area contributed by atoms with E-state index in [1.54, 1.807) is 24.3 Å². The molecule has 0 spiro atoms. The summed E-state index contributed by atoms with van der Waals surface area (Å²) in [6.07, 6.45) is -4.76. The van der Waals surface area contributed by atoms with Crippen LogP contribution in [-0.4, -0.2) is 38.8 Å². The van der Waals surface area contributed by atoms with E-state index in [0.29, 0.717) is 10.6 Å². The van der Waals surface area contributed by atoms with E-state index in [1.807, 2.05) is 0 Å². The molecule has 0 aliphatic rings. The minimum Gasteiger partial charge on any atom is -0.489 e. The molecule has 1 N–H and O–H groups in total. The highest BCUT2D eigenvalue weighted by Gasteiger charge is 2.31. The van der Waals surface area contributed by atoms with Gasteiger partial charge in [-0.15, -0.1) is 0 Å². The first-order chi connectivity index (χ1) is 14.2. The van der Waals surface area contributed by atoms with Crippen molar-refractivity contribution in [1.29, 1.82) is 0 Å². The van der Waals surface area contributed by atoms with Gasteiger partial charge in [0.05, 0.1) is 24.3 Å². The van der Waals surface area contributed by atoms with Crippen LogP contribution < -0.4 is 10.1 Å². The Bertz CT molecular complexity index is 889. The topological polar surface area (TPSA) is 73.9 Å². The predicted molar refractivity (Wildman–Crippen MR) is 104 cm³/mol. The molecule has 2 aromatic rings. The molecule has 0 bridgehead atoms. The van der Waals surface area contributed by atoms with Gasteiger partial charge < -0.3 is 19.5 Å². The Morgan fingerprint density at radius 2 is 1.83 bits per heavy atom. The van der Waals surface area contributed by atoms with Crippen LogP contribution in [0.5, 0.6) is 5.75 Å². The van der Waals surface area contributed by atoms with Gasteiger partial charge in [-0.2, -0.15) is 13.2 Å². The van der Waals surface area contributed by atoms with E-state index >= 15 is 0 Å². The van der Waals surface area contributed by atoms with E-state index in [1.165, 1.54) is 7.11 Å². The third kappa shape index (κ3) is 7.23. The average Bonchev–Trinajstić information content (AvgIpc) is 2.68. The Hall–Kier alpha value is -2.78. The van der Waals surface area contributed by atoms with Crippen LogP contribution in [0.25, 0.3) is 0 Å². The van der Waals surface area contributed by atoms with Crippen molar-refractivity contribution in [3.63, 3.8) is 0 Å². The van der Waals surface area contributed by atoms with Gasteiger partial charge in [0.25, 0.3) is 5.91 Å². The molecule has 0 aromatic heterocycles. The minimum atomic E-state index is -4.61. The van der Waals surface area contributed by atoms with E-state index in [0.717, 1.165) is 18.2 Å². The van der Waals surface area contributed by atoms with Crippen molar-refractivity contribution in [2.45, 2.75) is 12.6 Å². The lowest BCUT2D eigenvalue weighted by Crippen LogP contribution is -2.22. The van der Waals surface area contributed by atoms with Crippen molar-refractivity contribution in [2.75, 3.05) is 32.2 Å². The number of hydrogen-bond donors (Lipinski definition) is 1. The first-order valence-electron chi connectivity index (χ1n) is 8.72. The average molecular weight is 446 g/mol. The molecule has 0 saturated carbocycles. The maximum atomic E-state index is 13.0. The second kappa shape index (κ2) is 10.8. The highest BCUT2D eigenvalue weighted by atomic mass is 35.5. The molecular weight excluding hydrogens is 427 g/mol. The molecule has 0 aliphatic heterocycles. The number of halogens is 4. The van der Waals surface area contributed by atoms with Gasteiger partial charge in [0.15, 0.2) is 6.61 Å². The number of benzene rings is 2. The monoisotopic (exact) mass is 445 g/mol. The Kier molecular flexibility index (Phi) is 8.49. The highest BCUT2D eigenvalue weighted by molar-refractivity contribution is 6.31. The molecule has 0 unspecified atom stereocenters. The molecule has 0 atom stereocenters.